The van der Waals surface area contributed by atoms with Crippen molar-refractivity contribution in [1.82, 2.24) is 0 Å². The van der Waals surface area contributed by atoms with Crippen LogP contribution in [0.4, 0.5) is 11.4 Å². The highest BCUT2D eigenvalue weighted by Gasteiger charge is 2.14. The lowest BCUT2D eigenvalue weighted by atomic mass is 10.1. The number of carbonyl (C=O) groups is 2. The molecule has 2 aromatic rings. The number of rotatable bonds is 7. The van der Waals surface area contributed by atoms with Gasteiger partial charge in [0.2, 0.25) is 5.91 Å². The molecule has 2 rings (SSSR count). The summed E-state index contributed by atoms with van der Waals surface area (Å²) in [6.07, 6.45) is 2.07. The molecule has 7 nitrogen and oxygen atoms in total. The second-order valence-electron chi connectivity index (χ2n) is 6.08. The number of amides is 1. The molecular formula is C20H22N2O5S. The second kappa shape index (κ2) is 9.18. The van der Waals surface area contributed by atoms with Gasteiger partial charge in [0.1, 0.15) is 0 Å². The number of hydrogen-bond acceptors (Lipinski definition) is 5. The van der Waals surface area contributed by atoms with Crippen LogP contribution in [-0.4, -0.2) is 26.9 Å². The lowest BCUT2D eigenvalue weighted by molar-refractivity contribution is -0.137. The van der Waals surface area contributed by atoms with Crippen LogP contribution in [0.2, 0.25) is 0 Å². The number of anilines is 2. The lowest BCUT2D eigenvalue weighted by Gasteiger charge is -2.10. The molecule has 0 aromatic heterocycles. The third kappa shape index (κ3) is 6.24. The highest BCUT2D eigenvalue weighted by atomic mass is 32.2. The maximum absolute atomic E-state index is 12.5. The van der Waals surface area contributed by atoms with Crippen LogP contribution in [0, 0.1) is 13.8 Å². The molecule has 28 heavy (non-hydrogen) atoms. The highest BCUT2D eigenvalue weighted by Crippen LogP contribution is 2.20. The molecule has 0 aliphatic carbocycles. The van der Waals surface area contributed by atoms with Crippen molar-refractivity contribution in [2.45, 2.75) is 25.7 Å². The minimum Gasteiger partial charge on any atom is -0.463 e. The molecule has 0 saturated carbocycles. The summed E-state index contributed by atoms with van der Waals surface area (Å²) in [4.78, 5) is 23.0. The van der Waals surface area contributed by atoms with Gasteiger partial charge >= 0.3 is 5.97 Å². The molecule has 0 bridgehead atoms. The van der Waals surface area contributed by atoms with E-state index in [0.717, 1.165) is 23.3 Å². The Kier molecular flexibility index (Phi) is 6.94. The fourth-order valence-corrected chi connectivity index (χ4v) is 3.52. The van der Waals surface area contributed by atoms with E-state index in [1.54, 1.807) is 19.1 Å². The molecule has 2 aromatic carbocycles. The summed E-state index contributed by atoms with van der Waals surface area (Å²) < 4.78 is 32.3. The van der Waals surface area contributed by atoms with Gasteiger partial charge in [-0.15, -0.1) is 0 Å². The summed E-state index contributed by atoms with van der Waals surface area (Å²) in [5.74, 6) is -1.14. The van der Waals surface area contributed by atoms with Gasteiger partial charge < -0.3 is 10.1 Å². The number of aryl methyl sites for hydroxylation is 2. The first-order valence-corrected chi connectivity index (χ1v) is 10.0. The largest absolute Gasteiger partial charge is 0.463 e. The Morgan fingerprint density at radius 1 is 0.964 bits per heavy atom. The van der Waals surface area contributed by atoms with E-state index in [9.17, 15) is 18.0 Å². The summed E-state index contributed by atoms with van der Waals surface area (Å²) in [6.45, 7) is 5.66. The van der Waals surface area contributed by atoms with Crippen molar-refractivity contribution < 1.29 is 22.7 Å². The second-order valence-corrected chi connectivity index (χ2v) is 7.76. The minimum absolute atomic E-state index is 0.0618. The van der Waals surface area contributed by atoms with Gasteiger partial charge in [-0.05, 0) is 68.3 Å². The quantitative estimate of drug-likeness (QED) is 0.547. The van der Waals surface area contributed by atoms with E-state index in [2.05, 4.69) is 14.8 Å². The Morgan fingerprint density at radius 3 is 2.14 bits per heavy atom. The number of benzene rings is 2. The van der Waals surface area contributed by atoms with Crippen LogP contribution in [0.15, 0.2) is 59.5 Å². The number of sulfonamides is 1. The smallest absolute Gasteiger partial charge is 0.330 e. The van der Waals surface area contributed by atoms with Crippen molar-refractivity contribution in [1.29, 1.82) is 0 Å². The van der Waals surface area contributed by atoms with Gasteiger partial charge in [0, 0.05) is 23.5 Å². The summed E-state index contributed by atoms with van der Waals surface area (Å²) in [5.41, 5.74) is 2.78. The number of nitrogens with one attached hydrogen (secondary N) is 2. The van der Waals surface area contributed by atoms with Crippen molar-refractivity contribution >= 4 is 33.3 Å². The van der Waals surface area contributed by atoms with Gasteiger partial charge in [-0.2, -0.15) is 0 Å². The summed E-state index contributed by atoms with van der Waals surface area (Å²) in [7, 11) is -3.76. The van der Waals surface area contributed by atoms with Crippen molar-refractivity contribution in [3.63, 3.8) is 0 Å². The third-order valence-electron chi connectivity index (χ3n) is 3.56. The minimum atomic E-state index is -3.76. The number of ether oxygens (including phenoxy) is 1. The summed E-state index contributed by atoms with van der Waals surface area (Å²) in [5, 5.41) is 2.53. The van der Waals surface area contributed by atoms with E-state index < -0.39 is 21.9 Å². The molecule has 148 valence electrons. The SMILES string of the molecule is CCOC(=O)/C=C/C(=O)Nc1ccc(S(=O)(=O)Nc2cc(C)cc(C)c2)cc1. The number of hydrogen-bond donors (Lipinski definition) is 2. The van der Waals surface area contributed by atoms with E-state index in [1.165, 1.54) is 24.3 Å². The summed E-state index contributed by atoms with van der Waals surface area (Å²) >= 11 is 0. The molecule has 0 spiro atoms. The fourth-order valence-electron chi connectivity index (χ4n) is 2.48. The molecule has 0 saturated heterocycles. The van der Waals surface area contributed by atoms with Crippen molar-refractivity contribution in [2.75, 3.05) is 16.6 Å². The van der Waals surface area contributed by atoms with Crippen LogP contribution in [0.3, 0.4) is 0 Å². The molecule has 0 fully saturated rings. The lowest BCUT2D eigenvalue weighted by Crippen LogP contribution is -2.14. The van der Waals surface area contributed by atoms with E-state index in [1.807, 2.05) is 19.9 Å². The van der Waals surface area contributed by atoms with Crippen molar-refractivity contribution in [3.8, 4) is 0 Å². The third-order valence-corrected chi connectivity index (χ3v) is 4.96. The first-order chi connectivity index (χ1) is 13.2. The number of carbonyl (C=O) groups excluding carboxylic acids is 2. The first-order valence-electron chi connectivity index (χ1n) is 8.56. The van der Waals surface area contributed by atoms with Gasteiger partial charge in [0.05, 0.1) is 11.5 Å². The summed E-state index contributed by atoms with van der Waals surface area (Å²) in [6, 6.07) is 11.1. The molecule has 0 heterocycles. The molecule has 0 aliphatic rings. The van der Waals surface area contributed by atoms with E-state index in [-0.39, 0.29) is 11.5 Å². The number of esters is 1. The Bertz CT molecular complexity index is 976. The average molecular weight is 402 g/mol. The molecule has 8 heteroatoms. The van der Waals surface area contributed by atoms with Crippen LogP contribution in [0.1, 0.15) is 18.1 Å². The predicted octanol–water partition coefficient (Wildman–Crippen LogP) is 3.16. The Balaban J connectivity index is 2.06. The van der Waals surface area contributed by atoms with Gasteiger partial charge in [-0.25, -0.2) is 13.2 Å². The fraction of sp³-hybridized carbons (Fsp3) is 0.200. The zero-order valence-electron chi connectivity index (χ0n) is 15.9. The topological polar surface area (TPSA) is 102 Å². The van der Waals surface area contributed by atoms with Gasteiger partial charge in [-0.1, -0.05) is 6.07 Å². The monoisotopic (exact) mass is 402 g/mol. The normalized spacial score (nSPS) is 11.2. The van der Waals surface area contributed by atoms with Crippen LogP contribution >= 0.6 is 0 Å². The zero-order valence-corrected chi connectivity index (χ0v) is 16.7. The predicted molar refractivity (Wildman–Crippen MR) is 108 cm³/mol. The van der Waals surface area contributed by atoms with Crippen LogP contribution in [0.25, 0.3) is 0 Å². The average Bonchev–Trinajstić information content (AvgIpc) is 2.59. The van der Waals surface area contributed by atoms with Crippen molar-refractivity contribution in [2.24, 2.45) is 0 Å². The Labute approximate surface area is 164 Å². The van der Waals surface area contributed by atoms with E-state index in [0.29, 0.717) is 11.4 Å². The molecule has 2 N–H and O–H groups in total. The van der Waals surface area contributed by atoms with Crippen molar-refractivity contribution in [3.05, 3.63) is 65.7 Å². The Hall–Kier alpha value is -3.13. The van der Waals surface area contributed by atoms with Gasteiger partial charge in [0.15, 0.2) is 0 Å². The van der Waals surface area contributed by atoms with Crippen LogP contribution in [0.5, 0.6) is 0 Å². The molecule has 0 radical (unpaired) electrons. The molecule has 0 aliphatic heterocycles. The zero-order chi connectivity index (χ0) is 20.7. The van der Waals surface area contributed by atoms with E-state index >= 15 is 0 Å². The maximum Gasteiger partial charge on any atom is 0.330 e. The van der Waals surface area contributed by atoms with E-state index in [4.69, 9.17) is 0 Å². The van der Waals surface area contributed by atoms with Gasteiger partial charge in [0.25, 0.3) is 10.0 Å². The molecule has 0 unspecified atom stereocenters. The highest BCUT2D eigenvalue weighted by molar-refractivity contribution is 7.92. The van der Waals surface area contributed by atoms with Gasteiger partial charge in [-0.3, -0.25) is 9.52 Å². The van der Waals surface area contributed by atoms with Crippen LogP contribution in [-0.2, 0) is 24.3 Å². The Morgan fingerprint density at radius 2 is 1.57 bits per heavy atom. The molecular weight excluding hydrogens is 380 g/mol. The first kappa shape index (κ1) is 21.2. The molecule has 0 atom stereocenters. The van der Waals surface area contributed by atoms with Crippen LogP contribution < -0.4 is 10.0 Å². The molecule has 1 amide bonds. The maximum atomic E-state index is 12.5. The standard InChI is InChI=1S/C20H22N2O5S/c1-4-27-20(24)10-9-19(23)21-16-5-7-18(8-6-16)28(25,26)22-17-12-14(2)11-15(3)13-17/h5-13,22H,4H2,1-3H3,(H,21,23)/b10-9+.